The van der Waals surface area contributed by atoms with E-state index in [2.05, 4.69) is 20.2 Å². The Labute approximate surface area is 192 Å². The summed E-state index contributed by atoms with van der Waals surface area (Å²) in [7, 11) is 2.01. The summed E-state index contributed by atoms with van der Waals surface area (Å²) >= 11 is 0. The highest BCUT2D eigenvalue weighted by Crippen LogP contribution is 2.34. The van der Waals surface area contributed by atoms with E-state index >= 15 is 0 Å². The normalized spacial score (nSPS) is 18.1. The number of hydrogen-bond donors (Lipinski definition) is 1. The maximum absolute atomic E-state index is 13.7. The van der Waals surface area contributed by atoms with Gasteiger partial charge in [0, 0.05) is 44.6 Å². The van der Waals surface area contributed by atoms with Crippen LogP contribution in [-0.2, 0) is 0 Å². The molecule has 2 aliphatic rings. The van der Waals surface area contributed by atoms with E-state index in [9.17, 15) is 9.18 Å². The van der Waals surface area contributed by atoms with Gasteiger partial charge in [0.15, 0.2) is 5.82 Å². The Morgan fingerprint density at radius 2 is 2.00 bits per heavy atom. The summed E-state index contributed by atoms with van der Waals surface area (Å²) in [5, 5.41) is 2.87. The van der Waals surface area contributed by atoms with Gasteiger partial charge in [-0.15, -0.1) is 0 Å². The van der Waals surface area contributed by atoms with E-state index in [0.29, 0.717) is 37.7 Å². The van der Waals surface area contributed by atoms with E-state index in [1.165, 1.54) is 0 Å². The fourth-order valence-electron chi connectivity index (χ4n) is 4.28. The fraction of sp³-hybridized carbons (Fsp3) is 0.333. The third kappa shape index (κ3) is 4.44. The highest BCUT2D eigenvalue weighted by Gasteiger charge is 2.27. The molecule has 2 aliphatic heterocycles. The average Bonchev–Trinajstić information content (AvgIpc) is 3.21. The van der Waals surface area contributed by atoms with Crippen LogP contribution in [-0.4, -0.2) is 60.4 Å². The number of fused-ring (bicyclic) bond motifs is 1. The van der Waals surface area contributed by atoms with E-state index in [1.54, 1.807) is 29.4 Å². The van der Waals surface area contributed by atoms with Gasteiger partial charge in [-0.2, -0.15) is 0 Å². The van der Waals surface area contributed by atoms with Crippen molar-refractivity contribution in [3.8, 4) is 11.3 Å². The van der Waals surface area contributed by atoms with Gasteiger partial charge in [0.2, 0.25) is 0 Å². The highest BCUT2D eigenvalue weighted by atomic mass is 19.1. The molecule has 1 saturated heterocycles. The number of alkyl halides is 1. The van der Waals surface area contributed by atoms with Gasteiger partial charge in [0.1, 0.15) is 17.8 Å². The zero-order valence-electron chi connectivity index (χ0n) is 18.5. The third-order valence-corrected chi connectivity index (χ3v) is 6.04. The van der Waals surface area contributed by atoms with E-state index in [4.69, 9.17) is 4.98 Å². The van der Waals surface area contributed by atoms with Crippen molar-refractivity contribution in [2.75, 3.05) is 53.2 Å². The quantitative estimate of drug-likeness (QED) is 0.655. The van der Waals surface area contributed by atoms with Crippen molar-refractivity contribution >= 4 is 29.2 Å². The predicted octanol–water partition coefficient (Wildman–Crippen LogP) is 3.97. The smallest absolute Gasteiger partial charge is 0.328 e. The summed E-state index contributed by atoms with van der Waals surface area (Å²) in [4.78, 5) is 32.4. The Hall–Kier alpha value is -3.75. The van der Waals surface area contributed by atoms with Crippen molar-refractivity contribution in [1.29, 1.82) is 0 Å². The molecule has 3 aromatic heterocycles. The molecule has 0 bridgehead atoms. The minimum absolute atomic E-state index is 0.267. The average molecular weight is 448 g/mol. The van der Waals surface area contributed by atoms with Crippen LogP contribution >= 0.6 is 0 Å². The monoisotopic (exact) mass is 447 g/mol. The second-order valence-corrected chi connectivity index (χ2v) is 8.35. The standard InChI is InChI=1S/C24H26FN7O/c1-30-12-4-13-32(24(33)29-21-5-2-3-10-26-21)23-20(30)7-6-19(28-23)17-8-11-27-22(15-17)31-14-9-18(25)16-31/h2-3,5-8,10-11,15,18H,4,9,12-14,16H2,1H3,(H,26,29,33)/t18-/m1/s1. The number of hydrogen-bond acceptors (Lipinski definition) is 6. The highest BCUT2D eigenvalue weighted by molar-refractivity contribution is 6.03. The van der Waals surface area contributed by atoms with Gasteiger partial charge < -0.3 is 9.80 Å². The van der Waals surface area contributed by atoms with Gasteiger partial charge in [-0.25, -0.2) is 24.1 Å². The van der Waals surface area contributed by atoms with Gasteiger partial charge in [0.25, 0.3) is 0 Å². The number of nitrogens with zero attached hydrogens (tertiary/aromatic N) is 6. The van der Waals surface area contributed by atoms with Crippen molar-refractivity contribution in [3.63, 3.8) is 0 Å². The van der Waals surface area contributed by atoms with Crippen molar-refractivity contribution in [2.45, 2.75) is 19.0 Å². The molecule has 0 aliphatic carbocycles. The predicted molar refractivity (Wildman–Crippen MR) is 128 cm³/mol. The maximum Gasteiger partial charge on any atom is 0.328 e. The Kier molecular flexibility index (Phi) is 5.77. The van der Waals surface area contributed by atoms with E-state index < -0.39 is 6.17 Å². The van der Waals surface area contributed by atoms with Crippen LogP contribution in [0.2, 0.25) is 0 Å². The zero-order valence-corrected chi connectivity index (χ0v) is 18.5. The van der Waals surface area contributed by atoms with Crippen LogP contribution in [0.1, 0.15) is 12.8 Å². The van der Waals surface area contributed by atoms with Crippen LogP contribution in [0, 0.1) is 0 Å². The molecule has 0 radical (unpaired) electrons. The number of anilines is 4. The SMILES string of the molecule is CN1CCCN(C(=O)Nc2ccccn2)c2nc(-c3ccnc(N4CC[C@@H](F)C4)c3)ccc21. The van der Waals surface area contributed by atoms with Crippen LogP contribution in [0.4, 0.5) is 32.3 Å². The van der Waals surface area contributed by atoms with Crippen LogP contribution in [0.5, 0.6) is 0 Å². The zero-order chi connectivity index (χ0) is 22.8. The lowest BCUT2D eigenvalue weighted by molar-refractivity contribution is 0.256. The molecule has 8 nitrogen and oxygen atoms in total. The molecule has 0 spiro atoms. The number of carbonyl (C=O) groups excluding carboxylic acids is 1. The van der Waals surface area contributed by atoms with Gasteiger partial charge in [-0.05, 0) is 49.2 Å². The second kappa shape index (κ2) is 9.01. The molecule has 5 heterocycles. The molecule has 1 atom stereocenters. The maximum atomic E-state index is 13.7. The number of urea groups is 1. The Balaban J connectivity index is 1.48. The van der Waals surface area contributed by atoms with Crippen LogP contribution in [0.15, 0.2) is 54.9 Å². The minimum atomic E-state index is -0.817. The molecule has 3 aromatic rings. The van der Waals surface area contributed by atoms with Crippen LogP contribution < -0.4 is 20.0 Å². The van der Waals surface area contributed by atoms with Gasteiger partial charge in [-0.1, -0.05) is 6.07 Å². The first-order chi connectivity index (χ1) is 16.1. The first kappa shape index (κ1) is 21.1. The van der Waals surface area contributed by atoms with E-state index in [-0.39, 0.29) is 6.03 Å². The molecule has 0 aromatic carbocycles. The molecule has 33 heavy (non-hydrogen) atoms. The van der Waals surface area contributed by atoms with Crippen LogP contribution in [0.25, 0.3) is 11.3 Å². The number of rotatable bonds is 3. The topological polar surface area (TPSA) is 77.5 Å². The first-order valence-corrected chi connectivity index (χ1v) is 11.2. The van der Waals surface area contributed by atoms with Crippen molar-refractivity contribution < 1.29 is 9.18 Å². The fourth-order valence-corrected chi connectivity index (χ4v) is 4.28. The van der Waals surface area contributed by atoms with Gasteiger partial charge >= 0.3 is 6.03 Å². The molecule has 1 N–H and O–H groups in total. The molecule has 9 heteroatoms. The molecule has 5 rings (SSSR count). The number of pyridine rings is 3. The Bertz CT molecular complexity index is 1140. The lowest BCUT2D eigenvalue weighted by Crippen LogP contribution is -2.36. The summed E-state index contributed by atoms with van der Waals surface area (Å²) < 4.78 is 13.7. The lowest BCUT2D eigenvalue weighted by Gasteiger charge is -2.24. The van der Waals surface area contributed by atoms with E-state index in [0.717, 1.165) is 35.7 Å². The summed E-state index contributed by atoms with van der Waals surface area (Å²) in [5.74, 6) is 1.84. The Morgan fingerprint density at radius 1 is 1.09 bits per heavy atom. The van der Waals surface area contributed by atoms with Gasteiger partial charge in [0.05, 0.1) is 17.9 Å². The summed E-state index contributed by atoms with van der Waals surface area (Å²) in [6.45, 7) is 2.38. The number of halogens is 1. The van der Waals surface area contributed by atoms with Crippen molar-refractivity contribution in [2.24, 2.45) is 0 Å². The lowest BCUT2D eigenvalue weighted by atomic mass is 10.1. The number of nitrogens with one attached hydrogen (secondary N) is 1. The van der Waals surface area contributed by atoms with E-state index in [1.807, 2.05) is 42.3 Å². The molecular formula is C24H26FN7O. The van der Waals surface area contributed by atoms with Gasteiger partial charge in [-0.3, -0.25) is 10.2 Å². The van der Waals surface area contributed by atoms with Crippen molar-refractivity contribution in [3.05, 3.63) is 54.9 Å². The summed E-state index contributed by atoms with van der Waals surface area (Å²) in [5.41, 5.74) is 2.50. The molecule has 0 saturated carbocycles. The summed E-state index contributed by atoms with van der Waals surface area (Å²) in [6.07, 6.45) is 3.89. The summed E-state index contributed by atoms with van der Waals surface area (Å²) in [6, 6.07) is 12.9. The first-order valence-electron chi connectivity index (χ1n) is 11.2. The molecule has 1 fully saturated rings. The van der Waals surface area contributed by atoms with Crippen LogP contribution in [0.3, 0.4) is 0 Å². The third-order valence-electron chi connectivity index (χ3n) is 6.04. The van der Waals surface area contributed by atoms with Crippen molar-refractivity contribution in [1.82, 2.24) is 15.0 Å². The Morgan fingerprint density at radius 3 is 2.79 bits per heavy atom. The molecular weight excluding hydrogens is 421 g/mol. The largest absolute Gasteiger partial charge is 0.372 e. The number of carbonyl (C=O) groups is 1. The number of amides is 2. The molecule has 170 valence electrons. The molecule has 2 amide bonds. The second-order valence-electron chi connectivity index (χ2n) is 8.35. The minimum Gasteiger partial charge on any atom is -0.372 e. The molecule has 0 unspecified atom stereocenters. The number of aromatic nitrogens is 3.